The molecule has 0 spiro atoms. The van der Waals surface area contributed by atoms with E-state index >= 15 is 0 Å². The second-order valence-electron chi connectivity index (χ2n) is 9.17. The van der Waals surface area contributed by atoms with Gasteiger partial charge in [0.1, 0.15) is 12.6 Å². The highest BCUT2D eigenvalue weighted by Crippen LogP contribution is 2.23. The highest BCUT2D eigenvalue weighted by molar-refractivity contribution is 9.10. The summed E-state index contributed by atoms with van der Waals surface area (Å²) < 4.78 is 27.2. The molecule has 3 rings (SSSR count). The topological polar surface area (TPSA) is 86.8 Å². The van der Waals surface area contributed by atoms with Crippen molar-refractivity contribution >= 4 is 43.5 Å². The van der Waals surface area contributed by atoms with Gasteiger partial charge in [-0.3, -0.25) is 13.9 Å². The fraction of sp³-hybridized carbons (Fsp3) is 0.462. The molecule has 7 nitrogen and oxygen atoms in total. The number of sulfonamides is 1. The molecule has 2 aromatic carbocycles. The fourth-order valence-electron chi connectivity index (χ4n) is 4.52. The molecule has 0 radical (unpaired) electrons. The van der Waals surface area contributed by atoms with Gasteiger partial charge in [0.2, 0.25) is 21.8 Å². The van der Waals surface area contributed by atoms with Crippen LogP contribution in [0.1, 0.15) is 50.2 Å². The molecule has 2 amide bonds. The maximum atomic E-state index is 13.7. The molecule has 1 atom stereocenters. The number of carbonyl (C=O) groups is 2. The Morgan fingerprint density at radius 2 is 1.77 bits per heavy atom. The van der Waals surface area contributed by atoms with Gasteiger partial charge in [-0.25, -0.2) is 8.42 Å². The summed E-state index contributed by atoms with van der Waals surface area (Å²) >= 11 is 3.35. The summed E-state index contributed by atoms with van der Waals surface area (Å²) in [5.74, 6) is -0.608. The van der Waals surface area contributed by atoms with E-state index in [0.717, 1.165) is 51.8 Å². The van der Waals surface area contributed by atoms with Crippen LogP contribution in [0, 0.1) is 6.92 Å². The number of nitrogens with zero attached hydrogens (tertiary/aromatic N) is 2. The molecule has 0 heterocycles. The number of carbonyl (C=O) groups excluding carboxylic acids is 2. The van der Waals surface area contributed by atoms with E-state index in [9.17, 15) is 18.0 Å². The van der Waals surface area contributed by atoms with Crippen molar-refractivity contribution < 1.29 is 18.0 Å². The predicted octanol–water partition coefficient (Wildman–Crippen LogP) is 4.39. The molecule has 2 aromatic rings. The number of hydrogen-bond acceptors (Lipinski definition) is 4. The van der Waals surface area contributed by atoms with Crippen molar-refractivity contribution in [1.82, 2.24) is 10.2 Å². The highest BCUT2D eigenvalue weighted by atomic mass is 79.9. The Hall–Kier alpha value is -2.39. The zero-order chi connectivity index (χ0) is 25.6. The van der Waals surface area contributed by atoms with E-state index in [0.29, 0.717) is 12.1 Å². The lowest BCUT2D eigenvalue weighted by atomic mass is 10.1. The molecule has 1 fully saturated rings. The number of nitrogens with one attached hydrogen (secondary N) is 1. The monoisotopic (exact) mass is 563 g/mol. The van der Waals surface area contributed by atoms with E-state index in [1.165, 1.54) is 4.90 Å². The summed E-state index contributed by atoms with van der Waals surface area (Å²) in [6, 6.07) is 14.0. The van der Waals surface area contributed by atoms with Crippen LogP contribution in [-0.4, -0.2) is 50.0 Å². The van der Waals surface area contributed by atoms with E-state index in [1.807, 2.05) is 38.1 Å². The minimum absolute atomic E-state index is 0.128. The first-order chi connectivity index (χ1) is 16.6. The Balaban J connectivity index is 1.91. The van der Waals surface area contributed by atoms with Gasteiger partial charge in [-0.05, 0) is 56.0 Å². The average molecular weight is 565 g/mol. The van der Waals surface area contributed by atoms with Crippen LogP contribution in [-0.2, 0) is 26.2 Å². The summed E-state index contributed by atoms with van der Waals surface area (Å²) in [4.78, 5) is 28.5. The van der Waals surface area contributed by atoms with E-state index in [-0.39, 0.29) is 25.0 Å². The molecule has 190 valence electrons. The van der Waals surface area contributed by atoms with Gasteiger partial charge in [0.15, 0.2) is 0 Å². The maximum absolute atomic E-state index is 13.7. The van der Waals surface area contributed by atoms with Crippen molar-refractivity contribution in [3.8, 4) is 0 Å². The number of benzene rings is 2. The zero-order valence-electron chi connectivity index (χ0n) is 20.5. The van der Waals surface area contributed by atoms with Gasteiger partial charge in [-0.1, -0.05) is 65.5 Å². The van der Waals surface area contributed by atoms with Crippen molar-refractivity contribution in [3.63, 3.8) is 0 Å². The van der Waals surface area contributed by atoms with Crippen molar-refractivity contribution in [2.24, 2.45) is 0 Å². The van der Waals surface area contributed by atoms with Crippen LogP contribution in [0.4, 0.5) is 5.69 Å². The van der Waals surface area contributed by atoms with Crippen LogP contribution >= 0.6 is 15.9 Å². The SMILES string of the molecule is CC[C@@H](C(=O)NC1CCCC1)N(Cc1cccc(C)c1)C(=O)CN(c1ccc(Br)cc1)S(C)(=O)=O. The molecular formula is C26H34BrN3O4S. The molecule has 1 aliphatic rings. The van der Waals surface area contributed by atoms with Gasteiger partial charge in [-0.2, -0.15) is 0 Å². The summed E-state index contributed by atoms with van der Waals surface area (Å²) in [5, 5.41) is 3.11. The Morgan fingerprint density at radius 1 is 1.11 bits per heavy atom. The van der Waals surface area contributed by atoms with Crippen LogP contribution in [0.15, 0.2) is 53.0 Å². The van der Waals surface area contributed by atoms with Gasteiger partial charge in [0.05, 0.1) is 11.9 Å². The van der Waals surface area contributed by atoms with Gasteiger partial charge < -0.3 is 10.2 Å². The number of aryl methyl sites for hydroxylation is 1. The summed E-state index contributed by atoms with van der Waals surface area (Å²) in [6.07, 6.45) is 5.57. The van der Waals surface area contributed by atoms with Crippen molar-refractivity contribution in [3.05, 3.63) is 64.1 Å². The largest absolute Gasteiger partial charge is 0.352 e. The van der Waals surface area contributed by atoms with Crippen LogP contribution in [0.5, 0.6) is 0 Å². The minimum atomic E-state index is -3.74. The molecule has 0 saturated heterocycles. The average Bonchev–Trinajstić information content (AvgIpc) is 3.30. The Kier molecular flexibility index (Phi) is 9.35. The van der Waals surface area contributed by atoms with Crippen molar-refractivity contribution in [2.45, 2.75) is 64.6 Å². The third kappa shape index (κ3) is 7.54. The lowest BCUT2D eigenvalue weighted by Crippen LogP contribution is -2.53. The van der Waals surface area contributed by atoms with Gasteiger partial charge in [0.25, 0.3) is 0 Å². The Bertz CT molecular complexity index is 1130. The molecular weight excluding hydrogens is 530 g/mol. The molecule has 1 saturated carbocycles. The molecule has 0 unspecified atom stereocenters. The number of halogens is 1. The molecule has 35 heavy (non-hydrogen) atoms. The number of rotatable bonds is 10. The van der Waals surface area contributed by atoms with Crippen LogP contribution < -0.4 is 9.62 Å². The summed E-state index contributed by atoms with van der Waals surface area (Å²) in [7, 11) is -3.74. The highest BCUT2D eigenvalue weighted by Gasteiger charge is 2.33. The lowest BCUT2D eigenvalue weighted by molar-refractivity contribution is -0.140. The first kappa shape index (κ1) is 27.2. The van der Waals surface area contributed by atoms with Gasteiger partial charge >= 0.3 is 0 Å². The molecule has 0 aromatic heterocycles. The predicted molar refractivity (Wildman–Crippen MR) is 143 cm³/mol. The maximum Gasteiger partial charge on any atom is 0.244 e. The Labute approximate surface area is 217 Å². The lowest BCUT2D eigenvalue weighted by Gasteiger charge is -2.33. The zero-order valence-corrected chi connectivity index (χ0v) is 22.9. The first-order valence-corrected chi connectivity index (χ1v) is 14.6. The van der Waals surface area contributed by atoms with Crippen molar-refractivity contribution in [2.75, 3.05) is 17.1 Å². The number of hydrogen-bond donors (Lipinski definition) is 1. The smallest absolute Gasteiger partial charge is 0.244 e. The molecule has 0 bridgehead atoms. The second kappa shape index (κ2) is 12.0. The Morgan fingerprint density at radius 3 is 2.34 bits per heavy atom. The normalized spacial score (nSPS) is 15.0. The fourth-order valence-corrected chi connectivity index (χ4v) is 5.63. The second-order valence-corrected chi connectivity index (χ2v) is 12.0. The van der Waals surface area contributed by atoms with E-state index in [1.54, 1.807) is 24.3 Å². The van der Waals surface area contributed by atoms with Crippen LogP contribution in [0.25, 0.3) is 0 Å². The van der Waals surface area contributed by atoms with E-state index < -0.39 is 22.0 Å². The van der Waals surface area contributed by atoms with Crippen LogP contribution in [0.2, 0.25) is 0 Å². The van der Waals surface area contributed by atoms with Gasteiger partial charge in [-0.15, -0.1) is 0 Å². The van der Waals surface area contributed by atoms with Crippen LogP contribution in [0.3, 0.4) is 0 Å². The summed E-state index contributed by atoms with van der Waals surface area (Å²) in [6.45, 7) is 3.67. The molecule has 1 N–H and O–H groups in total. The molecule has 0 aliphatic heterocycles. The number of amides is 2. The third-order valence-electron chi connectivity index (χ3n) is 6.32. The van der Waals surface area contributed by atoms with Crippen molar-refractivity contribution in [1.29, 1.82) is 0 Å². The first-order valence-electron chi connectivity index (χ1n) is 12.0. The number of anilines is 1. The summed E-state index contributed by atoms with van der Waals surface area (Å²) in [5.41, 5.74) is 2.33. The minimum Gasteiger partial charge on any atom is -0.352 e. The van der Waals surface area contributed by atoms with Gasteiger partial charge in [0, 0.05) is 17.1 Å². The quantitative estimate of drug-likeness (QED) is 0.464. The third-order valence-corrected chi connectivity index (χ3v) is 7.99. The standard InChI is InChI=1S/C26H34BrN3O4S/c1-4-24(26(32)28-22-10-5-6-11-22)29(17-20-9-7-8-19(2)16-20)25(31)18-30(35(3,33)34)23-14-12-21(27)13-15-23/h7-9,12-16,22,24H,4-6,10-11,17-18H2,1-3H3,(H,28,32)/t24-/m0/s1. The van der Waals surface area contributed by atoms with E-state index in [4.69, 9.17) is 0 Å². The van der Waals surface area contributed by atoms with E-state index in [2.05, 4.69) is 21.2 Å². The molecule has 9 heteroatoms. The molecule has 1 aliphatic carbocycles.